The van der Waals surface area contributed by atoms with Crippen molar-refractivity contribution in [2.24, 2.45) is 0 Å². The standard InChI is InChI=1S/C14H22N2/c1-3-4-9-16-10-5-6-14(16)13-7-8-15-11-12(13)2/h7-8,11,14H,3-6,9-10H2,1-2H3/t14-/m0/s1. The van der Waals surface area contributed by atoms with Gasteiger partial charge in [-0.05, 0) is 56.5 Å². The van der Waals surface area contributed by atoms with Crippen molar-refractivity contribution in [2.75, 3.05) is 13.1 Å². The molecule has 0 aromatic carbocycles. The maximum absolute atomic E-state index is 4.18. The number of rotatable bonds is 4. The van der Waals surface area contributed by atoms with E-state index in [0.29, 0.717) is 6.04 Å². The van der Waals surface area contributed by atoms with Gasteiger partial charge in [0.15, 0.2) is 0 Å². The molecule has 1 aromatic rings. The molecule has 0 amide bonds. The van der Waals surface area contributed by atoms with Gasteiger partial charge in [-0.2, -0.15) is 0 Å². The van der Waals surface area contributed by atoms with E-state index in [4.69, 9.17) is 0 Å². The molecule has 1 fully saturated rings. The molecule has 1 atom stereocenters. The Kier molecular flexibility index (Phi) is 3.94. The number of aromatic nitrogens is 1. The lowest BCUT2D eigenvalue weighted by molar-refractivity contribution is 0.252. The summed E-state index contributed by atoms with van der Waals surface area (Å²) in [7, 11) is 0. The third-order valence-corrected chi connectivity index (χ3v) is 3.59. The van der Waals surface area contributed by atoms with E-state index in [0.717, 1.165) is 0 Å². The van der Waals surface area contributed by atoms with Crippen LogP contribution in [0, 0.1) is 6.92 Å². The van der Waals surface area contributed by atoms with Crippen LogP contribution in [0.3, 0.4) is 0 Å². The topological polar surface area (TPSA) is 16.1 Å². The van der Waals surface area contributed by atoms with Crippen molar-refractivity contribution in [3.8, 4) is 0 Å². The maximum Gasteiger partial charge on any atom is 0.0352 e. The first-order chi connectivity index (χ1) is 7.83. The summed E-state index contributed by atoms with van der Waals surface area (Å²) in [5.74, 6) is 0. The van der Waals surface area contributed by atoms with Gasteiger partial charge >= 0.3 is 0 Å². The van der Waals surface area contributed by atoms with E-state index >= 15 is 0 Å². The third kappa shape index (κ3) is 2.43. The van der Waals surface area contributed by atoms with E-state index in [-0.39, 0.29) is 0 Å². The van der Waals surface area contributed by atoms with Crippen molar-refractivity contribution in [2.45, 2.75) is 45.6 Å². The molecule has 0 unspecified atom stereocenters. The van der Waals surface area contributed by atoms with Crippen molar-refractivity contribution in [3.05, 3.63) is 29.6 Å². The largest absolute Gasteiger partial charge is 0.296 e. The zero-order valence-electron chi connectivity index (χ0n) is 10.4. The van der Waals surface area contributed by atoms with Crippen LogP contribution in [0.1, 0.15) is 49.8 Å². The minimum atomic E-state index is 0.648. The van der Waals surface area contributed by atoms with Gasteiger partial charge in [-0.15, -0.1) is 0 Å². The molecule has 0 spiro atoms. The minimum Gasteiger partial charge on any atom is -0.296 e. The van der Waals surface area contributed by atoms with Crippen LogP contribution in [-0.2, 0) is 0 Å². The Morgan fingerprint density at radius 3 is 3.12 bits per heavy atom. The summed E-state index contributed by atoms with van der Waals surface area (Å²) in [5.41, 5.74) is 2.83. The number of hydrogen-bond acceptors (Lipinski definition) is 2. The minimum absolute atomic E-state index is 0.648. The molecule has 1 aromatic heterocycles. The van der Waals surface area contributed by atoms with Crippen LogP contribution in [-0.4, -0.2) is 23.0 Å². The smallest absolute Gasteiger partial charge is 0.0352 e. The summed E-state index contributed by atoms with van der Waals surface area (Å²) in [6.45, 7) is 6.97. The highest BCUT2D eigenvalue weighted by Crippen LogP contribution is 2.33. The predicted octanol–water partition coefficient (Wildman–Crippen LogP) is 3.33. The first-order valence-electron chi connectivity index (χ1n) is 6.47. The quantitative estimate of drug-likeness (QED) is 0.770. The molecule has 0 aliphatic carbocycles. The molecule has 2 heterocycles. The van der Waals surface area contributed by atoms with Gasteiger partial charge < -0.3 is 0 Å². The molecular weight excluding hydrogens is 196 g/mol. The van der Waals surface area contributed by atoms with Gasteiger partial charge in [0.25, 0.3) is 0 Å². The van der Waals surface area contributed by atoms with E-state index in [9.17, 15) is 0 Å². The molecule has 1 aliphatic rings. The van der Waals surface area contributed by atoms with E-state index in [1.165, 1.54) is 49.9 Å². The summed E-state index contributed by atoms with van der Waals surface area (Å²) in [6, 6.07) is 2.85. The summed E-state index contributed by atoms with van der Waals surface area (Å²) in [4.78, 5) is 6.83. The van der Waals surface area contributed by atoms with Crippen molar-refractivity contribution >= 4 is 0 Å². The first kappa shape index (κ1) is 11.6. The molecule has 0 radical (unpaired) electrons. The van der Waals surface area contributed by atoms with E-state index < -0.39 is 0 Å². The summed E-state index contributed by atoms with van der Waals surface area (Å²) >= 11 is 0. The lowest BCUT2D eigenvalue weighted by atomic mass is 10.0. The molecule has 2 heteroatoms. The van der Waals surface area contributed by atoms with Gasteiger partial charge in [-0.25, -0.2) is 0 Å². The molecule has 2 rings (SSSR count). The Morgan fingerprint density at radius 2 is 2.38 bits per heavy atom. The zero-order chi connectivity index (χ0) is 11.4. The Morgan fingerprint density at radius 1 is 1.50 bits per heavy atom. The number of hydrogen-bond donors (Lipinski definition) is 0. The summed E-state index contributed by atoms with van der Waals surface area (Å²) in [5, 5.41) is 0. The molecule has 2 nitrogen and oxygen atoms in total. The van der Waals surface area contributed by atoms with Crippen molar-refractivity contribution in [3.63, 3.8) is 0 Å². The van der Waals surface area contributed by atoms with Gasteiger partial charge in [-0.1, -0.05) is 13.3 Å². The Bertz CT molecular complexity index is 335. The average molecular weight is 218 g/mol. The second-order valence-electron chi connectivity index (χ2n) is 4.78. The lowest BCUT2D eigenvalue weighted by Gasteiger charge is -2.25. The second kappa shape index (κ2) is 5.44. The SMILES string of the molecule is CCCCN1CCC[C@H]1c1ccncc1C. The summed E-state index contributed by atoms with van der Waals surface area (Å²) in [6.07, 6.45) is 9.19. The molecule has 88 valence electrons. The zero-order valence-corrected chi connectivity index (χ0v) is 10.4. The van der Waals surface area contributed by atoms with Gasteiger partial charge in [0.05, 0.1) is 0 Å². The number of aryl methyl sites for hydroxylation is 1. The van der Waals surface area contributed by atoms with Gasteiger partial charge in [0.1, 0.15) is 0 Å². The van der Waals surface area contributed by atoms with Crippen LogP contribution in [0.25, 0.3) is 0 Å². The summed E-state index contributed by atoms with van der Waals surface area (Å²) < 4.78 is 0. The fourth-order valence-corrected chi connectivity index (χ4v) is 2.67. The highest BCUT2D eigenvalue weighted by molar-refractivity contribution is 5.26. The van der Waals surface area contributed by atoms with Crippen molar-refractivity contribution in [1.29, 1.82) is 0 Å². The Hall–Kier alpha value is -0.890. The monoisotopic (exact) mass is 218 g/mol. The van der Waals surface area contributed by atoms with Gasteiger partial charge in [0, 0.05) is 18.4 Å². The predicted molar refractivity (Wildman–Crippen MR) is 67.4 cm³/mol. The molecule has 1 aliphatic heterocycles. The van der Waals surface area contributed by atoms with Crippen molar-refractivity contribution in [1.82, 2.24) is 9.88 Å². The molecule has 0 N–H and O–H groups in total. The average Bonchev–Trinajstić information content (AvgIpc) is 2.75. The van der Waals surface area contributed by atoms with E-state index in [1.54, 1.807) is 0 Å². The molecule has 1 saturated heterocycles. The Labute approximate surface area is 98.7 Å². The Balaban J connectivity index is 2.10. The van der Waals surface area contributed by atoms with E-state index in [1.807, 2.05) is 12.4 Å². The highest BCUT2D eigenvalue weighted by Gasteiger charge is 2.26. The fraction of sp³-hybridized carbons (Fsp3) is 0.643. The van der Waals surface area contributed by atoms with Crippen LogP contribution in [0.2, 0.25) is 0 Å². The van der Waals surface area contributed by atoms with Gasteiger partial charge in [0.2, 0.25) is 0 Å². The van der Waals surface area contributed by atoms with Crippen LogP contribution < -0.4 is 0 Å². The van der Waals surface area contributed by atoms with Crippen LogP contribution >= 0.6 is 0 Å². The number of pyridine rings is 1. The van der Waals surface area contributed by atoms with Gasteiger partial charge in [-0.3, -0.25) is 9.88 Å². The second-order valence-corrected chi connectivity index (χ2v) is 4.78. The van der Waals surface area contributed by atoms with Crippen LogP contribution in [0.15, 0.2) is 18.5 Å². The lowest BCUT2D eigenvalue weighted by Crippen LogP contribution is -2.24. The maximum atomic E-state index is 4.18. The number of likely N-dealkylation sites (tertiary alicyclic amines) is 1. The third-order valence-electron chi connectivity index (χ3n) is 3.59. The van der Waals surface area contributed by atoms with E-state index in [2.05, 4.69) is 29.8 Å². The fourth-order valence-electron chi connectivity index (χ4n) is 2.67. The van der Waals surface area contributed by atoms with Crippen molar-refractivity contribution < 1.29 is 0 Å². The van der Waals surface area contributed by atoms with Crippen LogP contribution in [0.4, 0.5) is 0 Å². The van der Waals surface area contributed by atoms with Crippen LogP contribution in [0.5, 0.6) is 0 Å². The highest BCUT2D eigenvalue weighted by atomic mass is 15.2. The first-order valence-corrected chi connectivity index (χ1v) is 6.47. The molecule has 0 saturated carbocycles. The molecule has 0 bridgehead atoms. The number of nitrogens with zero attached hydrogens (tertiary/aromatic N) is 2. The number of unbranched alkanes of at least 4 members (excludes halogenated alkanes) is 1. The normalized spacial score (nSPS) is 21.5. The molecule has 16 heavy (non-hydrogen) atoms. The molecular formula is C14H22N2.